The fourth-order valence-corrected chi connectivity index (χ4v) is 2.84. The SMILES string of the molecule is Cc1ccc(C2(C#N)CCCCCC2)cc1C. The molecule has 0 bridgehead atoms. The first-order valence-corrected chi connectivity index (χ1v) is 6.67. The molecule has 0 N–H and O–H groups in total. The summed E-state index contributed by atoms with van der Waals surface area (Å²) < 4.78 is 0. The molecule has 1 fully saturated rings. The molecule has 17 heavy (non-hydrogen) atoms. The predicted molar refractivity (Wildman–Crippen MR) is 70.9 cm³/mol. The van der Waals surface area contributed by atoms with E-state index in [1.165, 1.54) is 42.4 Å². The van der Waals surface area contributed by atoms with Gasteiger partial charge in [0.15, 0.2) is 0 Å². The van der Waals surface area contributed by atoms with Crippen molar-refractivity contribution < 1.29 is 0 Å². The van der Waals surface area contributed by atoms with Crippen LogP contribution < -0.4 is 0 Å². The van der Waals surface area contributed by atoms with E-state index in [4.69, 9.17) is 0 Å². The first kappa shape index (κ1) is 12.2. The Balaban J connectivity index is 2.39. The average Bonchev–Trinajstić information content (AvgIpc) is 2.59. The molecule has 0 aromatic heterocycles. The summed E-state index contributed by atoms with van der Waals surface area (Å²) in [5, 5.41) is 9.63. The molecule has 0 atom stereocenters. The van der Waals surface area contributed by atoms with Gasteiger partial charge in [-0.3, -0.25) is 0 Å². The number of rotatable bonds is 1. The Hall–Kier alpha value is -1.29. The van der Waals surface area contributed by atoms with E-state index in [0.717, 1.165) is 12.8 Å². The van der Waals surface area contributed by atoms with Gasteiger partial charge in [-0.25, -0.2) is 0 Å². The van der Waals surface area contributed by atoms with Gasteiger partial charge in [0.25, 0.3) is 0 Å². The van der Waals surface area contributed by atoms with Gasteiger partial charge in [-0.1, -0.05) is 43.9 Å². The maximum atomic E-state index is 9.63. The molecule has 1 aromatic rings. The topological polar surface area (TPSA) is 23.8 Å². The molecule has 0 spiro atoms. The van der Waals surface area contributed by atoms with Gasteiger partial charge in [-0.05, 0) is 43.4 Å². The maximum Gasteiger partial charge on any atom is 0.0822 e. The molecule has 0 saturated heterocycles. The van der Waals surface area contributed by atoms with E-state index in [2.05, 4.69) is 38.1 Å². The molecule has 90 valence electrons. The molecular weight excluding hydrogens is 206 g/mol. The van der Waals surface area contributed by atoms with Gasteiger partial charge in [-0.2, -0.15) is 5.26 Å². The largest absolute Gasteiger partial charge is 0.197 e. The number of aryl methyl sites for hydroxylation is 2. The normalized spacial score (nSPS) is 19.4. The van der Waals surface area contributed by atoms with Crippen LogP contribution in [-0.2, 0) is 5.41 Å². The summed E-state index contributed by atoms with van der Waals surface area (Å²) in [6.45, 7) is 4.27. The first-order valence-electron chi connectivity index (χ1n) is 6.67. The van der Waals surface area contributed by atoms with Crippen molar-refractivity contribution in [1.29, 1.82) is 5.26 Å². The highest BCUT2D eigenvalue weighted by molar-refractivity contribution is 5.38. The van der Waals surface area contributed by atoms with Crippen molar-refractivity contribution in [2.24, 2.45) is 0 Å². The zero-order chi connectivity index (χ0) is 12.3. The first-order chi connectivity index (χ1) is 8.18. The van der Waals surface area contributed by atoms with E-state index in [1.54, 1.807) is 0 Å². The van der Waals surface area contributed by atoms with Crippen LogP contribution in [-0.4, -0.2) is 0 Å². The number of nitrogens with zero attached hydrogens (tertiary/aromatic N) is 1. The monoisotopic (exact) mass is 227 g/mol. The van der Waals surface area contributed by atoms with Crippen LogP contribution in [0, 0.1) is 25.2 Å². The van der Waals surface area contributed by atoms with Gasteiger partial charge in [-0.15, -0.1) is 0 Å². The van der Waals surface area contributed by atoms with Crippen LogP contribution in [0.4, 0.5) is 0 Å². The molecule has 0 radical (unpaired) electrons. The van der Waals surface area contributed by atoms with E-state index < -0.39 is 0 Å². The number of benzene rings is 1. The zero-order valence-corrected chi connectivity index (χ0v) is 10.9. The quantitative estimate of drug-likeness (QED) is 0.651. The van der Waals surface area contributed by atoms with Gasteiger partial charge in [0.05, 0.1) is 11.5 Å². The van der Waals surface area contributed by atoms with Crippen LogP contribution in [0.25, 0.3) is 0 Å². The lowest BCUT2D eigenvalue weighted by molar-refractivity contribution is 0.475. The van der Waals surface area contributed by atoms with Crippen molar-refractivity contribution >= 4 is 0 Å². The molecule has 1 aliphatic rings. The second-order valence-corrected chi connectivity index (χ2v) is 5.41. The van der Waals surface area contributed by atoms with Crippen molar-refractivity contribution in [3.8, 4) is 6.07 Å². The second kappa shape index (κ2) is 4.92. The van der Waals surface area contributed by atoms with Crippen LogP contribution in [0.3, 0.4) is 0 Å². The number of nitriles is 1. The van der Waals surface area contributed by atoms with E-state index in [9.17, 15) is 5.26 Å². The van der Waals surface area contributed by atoms with Gasteiger partial charge < -0.3 is 0 Å². The third-order valence-electron chi connectivity index (χ3n) is 4.23. The minimum absolute atomic E-state index is 0.213. The Kier molecular flexibility index (Phi) is 3.52. The minimum Gasteiger partial charge on any atom is -0.197 e. The van der Waals surface area contributed by atoms with E-state index in [1.807, 2.05) is 0 Å². The van der Waals surface area contributed by atoms with Gasteiger partial charge in [0.1, 0.15) is 0 Å². The van der Waals surface area contributed by atoms with Gasteiger partial charge >= 0.3 is 0 Å². The zero-order valence-electron chi connectivity index (χ0n) is 10.9. The number of hydrogen-bond acceptors (Lipinski definition) is 1. The smallest absolute Gasteiger partial charge is 0.0822 e. The van der Waals surface area contributed by atoms with Crippen LogP contribution in [0.15, 0.2) is 18.2 Å². The summed E-state index contributed by atoms with van der Waals surface area (Å²) >= 11 is 0. The third-order valence-corrected chi connectivity index (χ3v) is 4.23. The average molecular weight is 227 g/mol. The minimum atomic E-state index is -0.213. The molecular formula is C16H21N. The lowest BCUT2D eigenvalue weighted by Crippen LogP contribution is -2.23. The summed E-state index contributed by atoms with van der Waals surface area (Å²) in [4.78, 5) is 0. The molecule has 0 aliphatic heterocycles. The number of hydrogen-bond donors (Lipinski definition) is 0. The Bertz CT molecular complexity index is 431. The van der Waals surface area contributed by atoms with Crippen molar-refractivity contribution in [3.63, 3.8) is 0 Å². The molecule has 0 unspecified atom stereocenters. The van der Waals surface area contributed by atoms with Crippen LogP contribution in [0.5, 0.6) is 0 Å². The predicted octanol–water partition coefficient (Wildman–Crippen LogP) is 4.42. The summed E-state index contributed by atoms with van der Waals surface area (Å²) in [6.07, 6.45) is 7.03. The maximum absolute atomic E-state index is 9.63. The summed E-state index contributed by atoms with van der Waals surface area (Å²) in [7, 11) is 0. The standard InChI is InChI=1S/C16H21N/c1-13-7-8-15(11-14(13)2)16(12-17)9-5-3-4-6-10-16/h7-8,11H,3-6,9-10H2,1-2H3. The van der Waals surface area contributed by atoms with Crippen molar-refractivity contribution in [2.45, 2.75) is 57.8 Å². The third kappa shape index (κ3) is 2.36. The Labute approximate surface area is 104 Å². The van der Waals surface area contributed by atoms with Crippen molar-refractivity contribution in [1.82, 2.24) is 0 Å². The molecule has 2 rings (SSSR count). The molecule has 1 nitrogen and oxygen atoms in total. The fourth-order valence-electron chi connectivity index (χ4n) is 2.84. The second-order valence-electron chi connectivity index (χ2n) is 5.41. The van der Waals surface area contributed by atoms with E-state index in [0.29, 0.717) is 0 Å². The Morgan fingerprint density at radius 1 is 1.00 bits per heavy atom. The van der Waals surface area contributed by atoms with Gasteiger partial charge in [0, 0.05) is 0 Å². The van der Waals surface area contributed by atoms with E-state index in [-0.39, 0.29) is 5.41 Å². The fraction of sp³-hybridized carbons (Fsp3) is 0.562. The van der Waals surface area contributed by atoms with Crippen molar-refractivity contribution in [3.05, 3.63) is 34.9 Å². The molecule has 1 aliphatic carbocycles. The lowest BCUT2D eigenvalue weighted by atomic mass is 9.75. The molecule has 0 amide bonds. The van der Waals surface area contributed by atoms with Crippen molar-refractivity contribution in [2.75, 3.05) is 0 Å². The molecule has 1 aromatic carbocycles. The highest BCUT2D eigenvalue weighted by atomic mass is 14.4. The van der Waals surface area contributed by atoms with E-state index >= 15 is 0 Å². The Morgan fingerprint density at radius 2 is 1.65 bits per heavy atom. The molecule has 0 heterocycles. The summed E-state index contributed by atoms with van der Waals surface area (Å²) in [5.74, 6) is 0. The molecule has 1 heteroatoms. The molecule has 1 saturated carbocycles. The highest BCUT2D eigenvalue weighted by Crippen LogP contribution is 2.38. The highest BCUT2D eigenvalue weighted by Gasteiger charge is 2.32. The summed E-state index contributed by atoms with van der Waals surface area (Å²) in [6, 6.07) is 9.17. The summed E-state index contributed by atoms with van der Waals surface area (Å²) in [5.41, 5.74) is 3.65. The Morgan fingerprint density at radius 3 is 2.18 bits per heavy atom. The van der Waals surface area contributed by atoms with Crippen LogP contribution >= 0.6 is 0 Å². The van der Waals surface area contributed by atoms with Crippen LogP contribution in [0.1, 0.15) is 55.2 Å². The van der Waals surface area contributed by atoms with Crippen LogP contribution in [0.2, 0.25) is 0 Å². The lowest BCUT2D eigenvalue weighted by Gasteiger charge is -2.26. The van der Waals surface area contributed by atoms with Gasteiger partial charge in [0.2, 0.25) is 0 Å².